The first-order chi connectivity index (χ1) is 8.72. The highest BCUT2D eigenvalue weighted by Crippen LogP contribution is 2.30. The van der Waals surface area contributed by atoms with Gasteiger partial charge in [-0.2, -0.15) is 0 Å². The number of rotatable bonds is 3. The topological polar surface area (TPSA) is 67.8 Å². The van der Waals surface area contributed by atoms with Crippen molar-refractivity contribution < 1.29 is 19.4 Å². The number of carbonyl (C=O) groups is 1. The highest BCUT2D eigenvalue weighted by atomic mass is 16.5. The van der Waals surface area contributed by atoms with Crippen molar-refractivity contribution in [1.29, 1.82) is 0 Å². The van der Waals surface area contributed by atoms with Gasteiger partial charge in [0.05, 0.1) is 6.61 Å². The number of hydrogen-bond acceptors (Lipinski definition) is 4. The van der Waals surface area contributed by atoms with Gasteiger partial charge in [0, 0.05) is 25.5 Å². The second-order valence-electron chi connectivity index (χ2n) is 4.64. The average Bonchev–Trinajstić information content (AvgIpc) is 2.96. The highest BCUT2D eigenvalue weighted by Gasteiger charge is 2.30. The Bertz CT molecular complexity index is 474. The zero-order chi connectivity index (χ0) is 12.5. The first kappa shape index (κ1) is 11.3. The normalized spacial score (nSPS) is 25.6. The average molecular weight is 249 g/mol. The van der Waals surface area contributed by atoms with Gasteiger partial charge in [-0.05, 0) is 11.6 Å². The molecule has 5 nitrogen and oxygen atoms in total. The number of aliphatic carboxylic acids is 1. The Balaban J connectivity index is 1.65. The standard InChI is InChI=1S/C13H15NO4/c15-13(16)11-5-10(7-14-11)18-9-2-1-8-3-4-17-12(8)6-9/h1-2,6,10-11,14H,3-5,7H2,(H,15,16)/t10-,11?/m0/s1. The largest absolute Gasteiger partial charge is 0.493 e. The van der Waals surface area contributed by atoms with Crippen LogP contribution in [0.3, 0.4) is 0 Å². The second-order valence-corrected chi connectivity index (χ2v) is 4.64. The van der Waals surface area contributed by atoms with E-state index in [4.69, 9.17) is 14.6 Å². The Hall–Kier alpha value is -1.75. The summed E-state index contributed by atoms with van der Waals surface area (Å²) in [6, 6.07) is 5.31. The first-order valence-electron chi connectivity index (χ1n) is 6.11. The molecule has 0 aromatic heterocycles. The van der Waals surface area contributed by atoms with Crippen molar-refractivity contribution in [3.8, 4) is 11.5 Å². The van der Waals surface area contributed by atoms with Crippen molar-refractivity contribution in [2.24, 2.45) is 0 Å². The third-order valence-electron chi connectivity index (χ3n) is 3.36. The van der Waals surface area contributed by atoms with Crippen molar-refractivity contribution in [2.75, 3.05) is 13.2 Å². The molecule has 1 aromatic carbocycles. The van der Waals surface area contributed by atoms with E-state index in [9.17, 15) is 4.79 Å². The Morgan fingerprint density at radius 3 is 3.17 bits per heavy atom. The number of hydrogen-bond donors (Lipinski definition) is 2. The molecule has 1 aromatic rings. The van der Waals surface area contributed by atoms with Crippen molar-refractivity contribution in [3.05, 3.63) is 23.8 Å². The predicted molar refractivity (Wildman–Crippen MR) is 64.1 cm³/mol. The molecule has 2 heterocycles. The van der Waals surface area contributed by atoms with Gasteiger partial charge in [0.1, 0.15) is 23.6 Å². The maximum Gasteiger partial charge on any atom is 0.320 e. The smallest absolute Gasteiger partial charge is 0.320 e. The Morgan fingerprint density at radius 2 is 2.39 bits per heavy atom. The lowest BCUT2D eigenvalue weighted by atomic mass is 10.1. The third kappa shape index (κ3) is 2.13. The van der Waals surface area contributed by atoms with Crippen LogP contribution in [-0.4, -0.2) is 36.4 Å². The summed E-state index contributed by atoms with van der Waals surface area (Å²) in [4.78, 5) is 10.8. The first-order valence-corrected chi connectivity index (χ1v) is 6.11. The SMILES string of the molecule is O=C(O)C1C[C@H](Oc2ccc3c(c2)OCC3)CN1. The Kier molecular flexibility index (Phi) is 2.83. The Labute approximate surface area is 105 Å². The number of benzene rings is 1. The van der Waals surface area contributed by atoms with E-state index in [0.29, 0.717) is 13.0 Å². The fourth-order valence-corrected chi connectivity index (χ4v) is 2.39. The molecule has 18 heavy (non-hydrogen) atoms. The van der Waals surface area contributed by atoms with Gasteiger partial charge in [-0.25, -0.2) is 0 Å². The van der Waals surface area contributed by atoms with E-state index in [2.05, 4.69) is 5.32 Å². The van der Waals surface area contributed by atoms with Crippen LogP contribution in [-0.2, 0) is 11.2 Å². The van der Waals surface area contributed by atoms with E-state index in [1.165, 1.54) is 5.56 Å². The molecule has 0 aliphatic carbocycles. The summed E-state index contributed by atoms with van der Waals surface area (Å²) in [5, 5.41) is 11.8. The molecule has 1 fully saturated rings. The zero-order valence-electron chi connectivity index (χ0n) is 9.89. The van der Waals surface area contributed by atoms with Crippen LogP contribution < -0.4 is 14.8 Å². The van der Waals surface area contributed by atoms with Crippen LogP contribution in [0.2, 0.25) is 0 Å². The van der Waals surface area contributed by atoms with Gasteiger partial charge in [-0.1, -0.05) is 6.07 Å². The monoisotopic (exact) mass is 249 g/mol. The van der Waals surface area contributed by atoms with Gasteiger partial charge >= 0.3 is 5.97 Å². The molecule has 1 saturated heterocycles. The van der Waals surface area contributed by atoms with Crippen LogP contribution in [0.4, 0.5) is 0 Å². The summed E-state index contributed by atoms with van der Waals surface area (Å²) < 4.78 is 11.2. The summed E-state index contributed by atoms with van der Waals surface area (Å²) in [5.41, 5.74) is 1.20. The van der Waals surface area contributed by atoms with E-state index in [1.807, 2.05) is 18.2 Å². The number of carboxylic acids is 1. The maximum atomic E-state index is 10.8. The van der Waals surface area contributed by atoms with Crippen LogP contribution in [0.25, 0.3) is 0 Å². The van der Waals surface area contributed by atoms with E-state index in [0.717, 1.165) is 24.5 Å². The molecule has 2 aliphatic rings. The number of carboxylic acid groups (broad SMARTS) is 1. The maximum absolute atomic E-state index is 10.8. The van der Waals surface area contributed by atoms with Gasteiger partial charge < -0.3 is 19.9 Å². The van der Waals surface area contributed by atoms with Crippen molar-refractivity contribution in [1.82, 2.24) is 5.32 Å². The van der Waals surface area contributed by atoms with Gasteiger partial charge in [0.15, 0.2) is 0 Å². The van der Waals surface area contributed by atoms with Crippen molar-refractivity contribution in [2.45, 2.75) is 25.0 Å². The summed E-state index contributed by atoms with van der Waals surface area (Å²) in [7, 11) is 0. The van der Waals surface area contributed by atoms with E-state index in [1.54, 1.807) is 0 Å². The molecule has 0 spiro atoms. The third-order valence-corrected chi connectivity index (χ3v) is 3.36. The molecule has 0 saturated carbocycles. The summed E-state index contributed by atoms with van der Waals surface area (Å²) >= 11 is 0. The van der Waals surface area contributed by atoms with Gasteiger partial charge in [-0.15, -0.1) is 0 Å². The predicted octanol–water partition coefficient (Wildman–Crippen LogP) is 0.815. The van der Waals surface area contributed by atoms with E-state index in [-0.39, 0.29) is 6.10 Å². The minimum absolute atomic E-state index is 0.0921. The summed E-state index contributed by atoms with van der Waals surface area (Å²) in [5.74, 6) is 0.806. The van der Waals surface area contributed by atoms with Crippen molar-refractivity contribution >= 4 is 5.97 Å². The fourth-order valence-electron chi connectivity index (χ4n) is 2.39. The molecule has 5 heteroatoms. The second kappa shape index (κ2) is 4.49. The quantitative estimate of drug-likeness (QED) is 0.830. The van der Waals surface area contributed by atoms with Crippen molar-refractivity contribution in [3.63, 3.8) is 0 Å². The molecule has 2 atom stereocenters. The lowest BCUT2D eigenvalue weighted by Crippen LogP contribution is -2.30. The minimum Gasteiger partial charge on any atom is -0.493 e. The van der Waals surface area contributed by atoms with Gasteiger partial charge in [0.2, 0.25) is 0 Å². The summed E-state index contributed by atoms with van der Waals surface area (Å²) in [6.45, 7) is 1.29. The molecule has 0 amide bonds. The number of ether oxygens (including phenoxy) is 2. The molecule has 0 bridgehead atoms. The van der Waals surface area contributed by atoms with Crippen LogP contribution in [0.1, 0.15) is 12.0 Å². The minimum atomic E-state index is -0.821. The summed E-state index contributed by atoms with van der Waals surface area (Å²) in [6.07, 6.45) is 1.35. The lowest BCUT2D eigenvalue weighted by molar-refractivity contribution is -0.139. The van der Waals surface area contributed by atoms with Crippen LogP contribution in [0, 0.1) is 0 Å². The van der Waals surface area contributed by atoms with E-state index >= 15 is 0 Å². The molecule has 3 rings (SSSR count). The van der Waals surface area contributed by atoms with E-state index < -0.39 is 12.0 Å². The molecule has 96 valence electrons. The fraction of sp³-hybridized carbons (Fsp3) is 0.462. The number of nitrogens with one attached hydrogen (secondary N) is 1. The van der Waals surface area contributed by atoms with Gasteiger partial charge in [0.25, 0.3) is 0 Å². The molecule has 0 radical (unpaired) electrons. The lowest BCUT2D eigenvalue weighted by Gasteiger charge is -2.13. The zero-order valence-corrected chi connectivity index (χ0v) is 9.89. The number of fused-ring (bicyclic) bond motifs is 1. The molecule has 2 aliphatic heterocycles. The Morgan fingerprint density at radius 1 is 1.50 bits per heavy atom. The molecular formula is C13H15NO4. The highest BCUT2D eigenvalue weighted by molar-refractivity contribution is 5.73. The molecule has 1 unspecified atom stereocenters. The molecular weight excluding hydrogens is 234 g/mol. The van der Waals surface area contributed by atoms with Crippen LogP contribution in [0.5, 0.6) is 11.5 Å². The van der Waals surface area contributed by atoms with Crippen LogP contribution in [0.15, 0.2) is 18.2 Å². The molecule has 2 N–H and O–H groups in total. The van der Waals surface area contributed by atoms with Crippen LogP contribution >= 0.6 is 0 Å². The van der Waals surface area contributed by atoms with Gasteiger partial charge in [-0.3, -0.25) is 4.79 Å².